The lowest BCUT2D eigenvalue weighted by Gasteiger charge is -2.13. The minimum atomic E-state index is -0.280. The molecule has 29 heavy (non-hydrogen) atoms. The fraction of sp³-hybridized carbons (Fsp3) is 0.130. The number of carbonyl (C=O) groups is 1. The van der Waals surface area contributed by atoms with Gasteiger partial charge in [-0.2, -0.15) is 5.26 Å². The van der Waals surface area contributed by atoms with Crippen molar-refractivity contribution in [3.63, 3.8) is 0 Å². The van der Waals surface area contributed by atoms with Crippen molar-refractivity contribution in [2.45, 2.75) is 16.7 Å². The quantitative estimate of drug-likeness (QED) is 0.564. The first-order chi connectivity index (χ1) is 14.2. The Balaban J connectivity index is 1.66. The third kappa shape index (κ3) is 5.77. The Morgan fingerprint density at radius 2 is 1.76 bits per heavy atom. The minimum Gasteiger partial charge on any atom is -0.490 e. The highest BCUT2D eigenvalue weighted by molar-refractivity contribution is 7.99. The lowest BCUT2D eigenvalue weighted by atomic mass is 10.2. The highest BCUT2D eigenvalue weighted by Gasteiger charge is 2.11. The van der Waals surface area contributed by atoms with E-state index in [0.29, 0.717) is 23.7 Å². The van der Waals surface area contributed by atoms with Gasteiger partial charge < -0.3 is 14.8 Å². The zero-order valence-corrected chi connectivity index (χ0v) is 16.7. The summed E-state index contributed by atoms with van der Waals surface area (Å²) in [6.45, 7) is 2.11. The maximum Gasteiger partial charge on any atom is 0.262 e. The molecule has 5 nitrogen and oxygen atoms in total. The molecule has 0 unspecified atom stereocenters. The maximum atomic E-state index is 12.4. The summed E-state index contributed by atoms with van der Waals surface area (Å²) in [5.74, 6) is 0.588. The molecule has 6 heteroatoms. The van der Waals surface area contributed by atoms with E-state index in [0.717, 1.165) is 15.5 Å². The van der Waals surface area contributed by atoms with E-state index in [4.69, 9.17) is 14.7 Å². The van der Waals surface area contributed by atoms with Gasteiger partial charge in [0.05, 0.1) is 23.9 Å². The fourth-order valence-electron chi connectivity index (χ4n) is 2.57. The Morgan fingerprint density at radius 3 is 2.52 bits per heavy atom. The van der Waals surface area contributed by atoms with Crippen LogP contribution in [0.5, 0.6) is 11.5 Å². The Bertz CT molecular complexity index is 1020. The number of anilines is 1. The molecule has 0 aliphatic carbocycles. The van der Waals surface area contributed by atoms with Crippen molar-refractivity contribution in [3.05, 3.63) is 78.4 Å². The number of para-hydroxylation sites is 1. The number of benzene rings is 3. The Hall–Kier alpha value is -3.43. The summed E-state index contributed by atoms with van der Waals surface area (Å²) in [6, 6.07) is 24.5. The Morgan fingerprint density at radius 1 is 1.00 bits per heavy atom. The van der Waals surface area contributed by atoms with Crippen molar-refractivity contribution in [2.24, 2.45) is 0 Å². The molecule has 0 bridgehead atoms. The van der Waals surface area contributed by atoms with Crippen molar-refractivity contribution in [1.82, 2.24) is 0 Å². The number of hydrogen-bond acceptors (Lipinski definition) is 5. The third-order valence-corrected chi connectivity index (χ3v) is 4.95. The van der Waals surface area contributed by atoms with Crippen LogP contribution in [0.25, 0.3) is 0 Å². The van der Waals surface area contributed by atoms with E-state index < -0.39 is 0 Å². The summed E-state index contributed by atoms with van der Waals surface area (Å²) in [5, 5.41) is 11.9. The predicted octanol–water partition coefficient (Wildman–Crippen LogP) is 5.13. The van der Waals surface area contributed by atoms with E-state index in [1.54, 1.807) is 30.0 Å². The van der Waals surface area contributed by atoms with Gasteiger partial charge in [-0.05, 0) is 43.3 Å². The lowest BCUT2D eigenvalue weighted by molar-refractivity contribution is -0.118. The SMILES string of the molecule is CCOc1cc(C#N)ccc1OCC(=O)Nc1ccccc1Sc1ccccc1. The molecule has 1 N–H and O–H groups in total. The molecule has 3 aromatic carbocycles. The van der Waals surface area contributed by atoms with Gasteiger partial charge in [-0.1, -0.05) is 42.1 Å². The van der Waals surface area contributed by atoms with E-state index >= 15 is 0 Å². The van der Waals surface area contributed by atoms with Crippen LogP contribution in [0.3, 0.4) is 0 Å². The molecule has 0 aliphatic heterocycles. The molecule has 3 aromatic rings. The highest BCUT2D eigenvalue weighted by Crippen LogP contribution is 2.33. The van der Waals surface area contributed by atoms with Gasteiger partial charge in [0.25, 0.3) is 5.91 Å². The zero-order chi connectivity index (χ0) is 20.5. The molecule has 0 spiro atoms. The topological polar surface area (TPSA) is 71.3 Å². The van der Waals surface area contributed by atoms with Crippen molar-refractivity contribution in [1.29, 1.82) is 5.26 Å². The van der Waals surface area contributed by atoms with Crippen LogP contribution < -0.4 is 14.8 Å². The molecule has 3 rings (SSSR count). The van der Waals surface area contributed by atoms with Gasteiger partial charge in [-0.3, -0.25) is 4.79 Å². The molecular formula is C23H20N2O3S. The molecule has 146 valence electrons. The van der Waals surface area contributed by atoms with Gasteiger partial charge in [-0.15, -0.1) is 0 Å². The smallest absolute Gasteiger partial charge is 0.262 e. The van der Waals surface area contributed by atoms with Gasteiger partial charge in [0.15, 0.2) is 18.1 Å². The van der Waals surface area contributed by atoms with E-state index in [9.17, 15) is 4.79 Å². The molecule has 0 radical (unpaired) electrons. The van der Waals surface area contributed by atoms with Gasteiger partial charge >= 0.3 is 0 Å². The number of hydrogen-bond donors (Lipinski definition) is 1. The van der Waals surface area contributed by atoms with Gasteiger partial charge in [0.2, 0.25) is 0 Å². The molecule has 0 saturated carbocycles. The largest absolute Gasteiger partial charge is 0.490 e. The molecule has 0 aliphatic rings. The Kier molecular flexibility index (Phi) is 7.15. The number of nitrogens with zero attached hydrogens (tertiary/aromatic N) is 1. The van der Waals surface area contributed by atoms with E-state index in [-0.39, 0.29) is 12.5 Å². The van der Waals surface area contributed by atoms with Crippen molar-refractivity contribution in [3.8, 4) is 17.6 Å². The van der Waals surface area contributed by atoms with Crippen LogP contribution in [0.15, 0.2) is 82.6 Å². The van der Waals surface area contributed by atoms with E-state index in [1.807, 2.05) is 61.5 Å². The minimum absolute atomic E-state index is 0.170. The summed E-state index contributed by atoms with van der Waals surface area (Å²) < 4.78 is 11.1. The molecule has 0 saturated heterocycles. The summed E-state index contributed by atoms with van der Waals surface area (Å²) in [6.07, 6.45) is 0. The van der Waals surface area contributed by atoms with Crippen molar-refractivity contribution < 1.29 is 14.3 Å². The second kappa shape index (κ2) is 10.2. The molecule has 1 amide bonds. The van der Waals surface area contributed by atoms with Gasteiger partial charge in [-0.25, -0.2) is 0 Å². The van der Waals surface area contributed by atoms with Crippen LogP contribution in [0, 0.1) is 11.3 Å². The van der Waals surface area contributed by atoms with Crippen LogP contribution in [-0.2, 0) is 4.79 Å². The van der Waals surface area contributed by atoms with Gasteiger partial charge in [0.1, 0.15) is 0 Å². The first-order valence-electron chi connectivity index (χ1n) is 9.11. The molecule has 0 atom stereocenters. The average Bonchev–Trinajstić information content (AvgIpc) is 2.75. The van der Waals surface area contributed by atoms with Crippen molar-refractivity contribution >= 4 is 23.4 Å². The van der Waals surface area contributed by atoms with Crippen LogP contribution in [-0.4, -0.2) is 19.1 Å². The first kappa shape index (κ1) is 20.3. The summed E-state index contributed by atoms with van der Waals surface area (Å²) in [7, 11) is 0. The lowest BCUT2D eigenvalue weighted by Crippen LogP contribution is -2.20. The first-order valence-corrected chi connectivity index (χ1v) is 9.92. The second-order valence-electron chi connectivity index (χ2n) is 5.95. The summed E-state index contributed by atoms with van der Waals surface area (Å²) in [4.78, 5) is 14.5. The fourth-order valence-corrected chi connectivity index (χ4v) is 3.49. The van der Waals surface area contributed by atoms with Crippen LogP contribution >= 0.6 is 11.8 Å². The highest BCUT2D eigenvalue weighted by atomic mass is 32.2. The number of rotatable bonds is 8. The summed E-state index contributed by atoms with van der Waals surface area (Å²) >= 11 is 1.58. The molecule has 0 aromatic heterocycles. The van der Waals surface area contributed by atoms with Crippen LogP contribution in [0.4, 0.5) is 5.69 Å². The number of nitriles is 1. The Labute approximate surface area is 174 Å². The van der Waals surface area contributed by atoms with E-state index in [2.05, 4.69) is 11.4 Å². The summed E-state index contributed by atoms with van der Waals surface area (Å²) in [5.41, 5.74) is 1.19. The molecule has 0 fully saturated rings. The van der Waals surface area contributed by atoms with Crippen LogP contribution in [0.2, 0.25) is 0 Å². The second-order valence-corrected chi connectivity index (χ2v) is 7.07. The monoisotopic (exact) mass is 404 g/mol. The normalized spacial score (nSPS) is 10.1. The average molecular weight is 404 g/mol. The number of ether oxygens (including phenoxy) is 2. The zero-order valence-electron chi connectivity index (χ0n) is 15.9. The standard InChI is InChI=1S/C23H20N2O3S/c1-2-27-21-14-17(15-24)12-13-20(21)28-16-23(26)25-19-10-6-7-11-22(19)29-18-8-4-3-5-9-18/h3-14H,2,16H2,1H3,(H,25,26). The van der Waals surface area contributed by atoms with Crippen LogP contribution in [0.1, 0.15) is 12.5 Å². The van der Waals surface area contributed by atoms with Gasteiger partial charge in [0, 0.05) is 15.9 Å². The van der Waals surface area contributed by atoms with E-state index in [1.165, 1.54) is 0 Å². The van der Waals surface area contributed by atoms with Crippen molar-refractivity contribution in [2.75, 3.05) is 18.5 Å². The number of nitrogens with one attached hydrogen (secondary N) is 1. The molecular weight excluding hydrogens is 384 g/mol. The number of carbonyl (C=O) groups excluding carboxylic acids is 1. The molecule has 0 heterocycles. The predicted molar refractivity (Wildman–Crippen MR) is 113 cm³/mol. The maximum absolute atomic E-state index is 12.4. The number of amides is 1. The third-order valence-electron chi connectivity index (χ3n) is 3.86.